The first kappa shape index (κ1) is 15.6. The van der Waals surface area contributed by atoms with Crippen molar-refractivity contribution in [2.24, 2.45) is 5.73 Å². The monoisotopic (exact) mass is 282 g/mol. The number of amides is 2. The highest BCUT2D eigenvalue weighted by atomic mass is 16.5. The maximum atomic E-state index is 11.3. The van der Waals surface area contributed by atoms with Crippen molar-refractivity contribution < 1.29 is 24.2 Å². The number of carbonyl (C=O) groups is 2. The maximum Gasteiger partial charge on any atom is 0.329 e. The molecule has 0 spiro atoms. The summed E-state index contributed by atoms with van der Waals surface area (Å²) >= 11 is 0. The van der Waals surface area contributed by atoms with Crippen LogP contribution in [-0.4, -0.2) is 36.9 Å². The first-order valence-corrected chi connectivity index (χ1v) is 5.84. The highest BCUT2D eigenvalue weighted by molar-refractivity contribution is 5.85. The van der Waals surface area contributed by atoms with Crippen molar-refractivity contribution in [1.82, 2.24) is 5.32 Å². The van der Waals surface area contributed by atoms with Crippen LogP contribution < -0.4 is 20.5 Å². The van der Waals surface area contributed by atoms with Crippen molar-refractivity contribution in [2.45, 2.75) is 18.9 Å². The molecule has 1 rings (SSSR count). The van der Waals surface area contributed by atoms with Gasteiger partial charge in [0.05, 0.1) is 14.2 Å². The van der Waals surface area contributed by atoms with Crippen molar-refractivity contribution in [3.63, 3.8) is 0 Å². The second kappa shape index (κ2) is 6.14. The quantitative estimate of drug-likeness (QED) is 0.713. The molecule has 0 bridgehead atoms. The van der Waals surface area contributed by atoms with Crippen LogP contribution in [0.5, 0.6) is 11.5 Å². The van der Waals surface area contributed by atoms with Gasteiger partial charge >= 0.3 is 12.0 Å². The zero-order valence-electron chi connectivity index (χ0n) is 11.6. The van der Waals surface area contributed by atoms with E-state index in [0.29, 0.717) is 17.1 Å². The Morgan fingerprint density at radius 1 is 1.30 bits per heavy atom. The van der Waals surface area contributed by atoms with Gasteiger partial charge in [0.2, 0.25) is 0 Å². The van der Waals surface area contributed by atoms with Crippen molar-refractivity contribution in [2.75, 3.05) is 14.2 Å². The molecule has 0 fully saturated rings. The number of hydrogen-bond acceptors (Lipinski definition) is 4. The molecule has 0 saturated carbocycles. The molecule has 1 aromatic rings. The smallest absolute Gasteiger partial charge is 0.329 e. The maximum absolute atomic E-state index is 11.3. The Morgan fingerprint density at radius 3 is 2.35 bits per heavy atom. The van der Waals surface area contributed by atoms with E-state index in [0.717, 1.165) is 0 Å². The minimum Gasteiger partial charge on any atom is -0.493 e. The van der Waals surface area contributed by atoms with E-state index >= 15 is 0 Å². The standard InChI is InChI=1S/C13H18N2O5/c1-13(11(16)17,15-12(14)18)7-8-4-5-9(19-2)10(6-8)20-3/h4-6H,7H2,1-3H3,(H,16,17)(H3,14,15,18). The summed E-state index contributed by atoms with van der Waals surface area (Å²) in [6, 6.07) is 4.13. The van der Waals surface area contributed by atoms with Crippen LogP contribution in [0.25, 0.3) is 0 Å². The largest absolute Gasteiger partial charge is 0.493 e. The molecule has 7 heteroatoms. The Kier molecular flexibility index (Phi) is 4.79. The zero-order chi connectivity index (χ0) is 15.3. The van der Waals surface area contributed by atoms with Crippen LogP contribution in [0.15, 0.2) is 18.2 Å². The van der Waals surface area contributed by atoms with Gasteiger partial charge in [-0.3, -0.25) is 0 Å². The number of aliphatic carboxylic acids is 1. The molecule has 110 valence electrons. The molecule has 0 radical (unpaired) electrons. The molecule has 1 unspecified atom stereocenters. The molecule has 2 amide bonds. The summed E-state index contributed by atoms with van der Waals surface area (Å²) in [4.78, 5) is 22.2. The molecular weight excluding hydrogens is 264 g/mol. The van der Waals surface area contributed by atoms with Gasteiger partial charge in [0.25, 0.3) is 0 Å². The number of ether oxygens (including phenoxy) is 2. The van der Waals surface area contributed by atoms with Crippen LogP contribution in [-0.2, 0) is 11.2 Å². The van der Waals surface area contributed by atoms with Gasteiger partial charge in [-0.1, -0.05) is 6.07 Å². The number of carboxylic acids is 1. The third kappa shape index (κ3) is 3.53. The van der Waals surface area contributed by atoms with E-state index in [1.807, 2.05) is 0 Å². The normalized spacial score (nSPS) is 13.2. The van der Waals surface area contributed by atoms with Gasteiger partial charge in [-0.25, -0.2) is 9.59 Å². The number of methoxy groups -OCH3 is 2. The number of nitrogens with one attached hydrogen (secondary N) is 1. The van der Waals surface area contributed by atoms with Gasteiger partial charge in [-0.2, -0.15) is 0 Å². The minimum absolute atomic E-state index is 0.0611. The lowest BCUT2D eigenvalue weighted by molar-refractivity contribution is -0.143. The van der Waals surface area contributed by atoms with Crippen LogP contribution in [0.3, 0.4) is 0 Å². The second-order valence-corrected chi connectivity index (χ2v) is 4.49. The summed E-state index contributed by atoms with van der Waals surface area (Å²) in [5.74, 6) is -0.154. The second-order valence-electron chi connectivity index (χ2n) is 4.49. The van der Waals surface area contributed by atoms with Crippen LogP contribution in [0.2, 0.25) is 0 Å². The Morgan fingerprint density at radius 2 is 1.90 bits per heavy atom. The Hall–Kier alpha value is -2.44. The predicted molar refractivity (Wildman–Crippen MR) is 72.0 cm³/mol. The van der Waals surface area contributed by atoms with Gasteiger partial charge in [0, 0.05) is 6.42 Å². The summed E-state index contributed by atoms with van der Waals surface area (Å²) in [5.41, 5.74) is 4.19. The summed E-state index contributed by atoms with van der Waals surface area (Å²) in [6.45, 7) is 1.39. The lowest BCUT2D eigenvalue weighted by Crippen LogP contribution is -2.55. The fourth-order valence-electron chi connectivity index (χ4n) is 1.84. The van der Waals surface area contributed by atoms with E-state index in [2.05, 4.69) is 5.32 Å². The molecule has 0 saturated heterocycles. The molecule has 1 atom stereocenters. The third-order valence-electron chi connectivity index (χ3n) is 2.88. The molecule has 20 heavy (non-hydrogen) atoms. The zero-order valence-corrected chi connectivity index (χ0v) is 11.6. The van der Waals surface area contributed by atoms with Crippen LogP contribution in [0, 0.1) is 0 Å². The number of rotatable bonds is 6. The van der Waals surface area contributed by atoms with E-state index in [1.54, 1.807) is 18.2 Å². The van der Waals surface area contributed by atoms with Crippen LogP contribution in [0.1, 0.15) is 12.5 Å². The van der Waals surface area contributed by atoms with E-state index in [1.165, 1.54) is 21.1 Å². The summed E-state index contributed by atoms with van der Waals surface area (Å²) in [5, 5.41) is 11.5. The van der Waals surface area contributed by atoms with Gasteiger partial charge in [-0.05, 0) is 24.6 Å². The average molecular weight is 282 g/mol. The van der Waals surface area contributed by atoms with Crippen LogP contribution in [0.4, 0.5) is 4.79 Å². The van der Waals surface area contributed by atoms with Crippen molar-refractivity contribution in [3.8, 4) is 11.5 Å². The molecular formula is C13H18N2O5. The number of primary amides is 1. The molecule has 4 N–H and O–H groups in total. The summed E-state index contributed by atoms with van der Waals surface area (Å²) in [6.07, 6.45) is 0.0611. The van der Waals surface area contributed by atoms with Crippen molar-refractivity contribution in [1.29, 1.82) is 0 Å². The fourth-order valence-corrected chi connectivity index (χ4v) is 1.84. The molecule has 7 nitrogen and oxygen atoms in total. The molecule has 0 aliphatic heterocycles. The summed E-state index contributed by atoms with van der Waals surface area (Å²) in [7, 11) is 2.99. The molecule has 1 aromatic carbocycles. The highest BCUT2D eigenvalue weighted by Gasteiger charge is 2.34. The van der Waals surface area contributed by atoms with Crippen molar-refractivity contribution in [3.05, 3.63) is 23.8 Å². The third-order valence-corrected chi connectivity index (χ3v) is 2.88. The van der Waals surface area contributed by atoms with E-state index in [4.69, 9.17) is 15.2 Å². The molecule has 0 aliphatic rings. The fraction of sp³-hybridized carbons (Fsp3) is 0.385. The average Bonchev–Trinajstić information content (AvgIpc) is 2.37. The van der Waals surface area contributed by atoms with Gasteiger partial charge < -0.3 is 25.6 Å². The van der Waals surface area contributed by atoms with Gasteiger partial charge in [0.1, 0.15) is 5.54 Å². The first-order valence-electron chi connectivity index (χ1n) is 5.84. The lowest BCUT2D eigenvalue weighted by Gasteiger charge is -2.25. The lowest BCUT2D eigenvalue weighted by atomic mass is 9.92. The number of carbonyl (C=O) groups excluding carboxylic acids is 1. The Labute approximate surface area is 116 Å². The molecule has 0 aliphatic carbocycles. The molecule has 0 heterocycles. The molecule has 0 aromatic heterocycles. The number of benzene rings is 1. The topological polar surface area (TPSA) is 111 Å². The highest BCUT2D eigenvalue weighted by Crippen LogP contribution is 2.29. The van der Waals surface area contributed by atoms with E-state index in [-0.39, 0.29) is 6.42 Å². The van der Waals surface area contributed by atoms with E-state index < -0.39 is 17.5 Å². The number of carboxylic acid groups (broad SMARTS) is 1. The number of hydrogen-bond donors (Lipinski definition) is 3. The van der Waals surface area contributed by atoms with Crippen LogP contribution >= 0.6 is 0 Å². The Balaban J connectivity index is 3.06. The van der Waals surface area contributed by atoms with E-state index in [9.17, 15) is 14.7 Å². The number of nitrogens with two attached hydrogens (primary N) is 1. The predicted octanol–water partition coefficient (Wildman–Crippen LogP) is 0.758. The van der Waals surface area contributed by atoms with Crippen molar-refractivity contribution >= 4 is 12.0 Å². The number of urea groups is 1. The minimum atomic E-state index is -1.49. The van der Waals surface area contributed by atoms with Gasteiger partial charge in [-0.15, -0.1) is 0 Å². The summed E-state index contributed by atoms with van der Waals surface area (Å²) < 4.78 is 10.3. The Bertz CT molecular complexity index is 517. The SMILES string of the molecule is COc1ccc(CC(C)(NC(N)=O)C(=O)O)cc1OC. The first-order chi connectivity index (χ1) is 9.32. The van der Waals surface area contributed by atoms with Gasteiger partial charge in [0.15, 0.2) is 11.5 Å².